The lowest BCUT2D eigenvalue weighted by atomic mass is 9.96. The fraction of sp³-hybridized carbons (Fsp3) is 0.571. The van der Waals surface area contributed by atoms with Gasteiger partial charge in [-0.25, -0.2) is 0 Å². The van der Waals surface area contributed by atoms with Gasteiger partial charge in [-0.15, -0.1) is 0 Å². The molecule has 18 heavy (non-hydrogen) atoms. The summed E-state index contributed by atoms with van der Waals surface area (Å²) in [6.07, 6.45) is 0.889. The number of morpholine rings is 1. The second-order valence-electron chi connectivity index (χ2n) is 4.82. The van der Waals surface area contributed by atoms with Gasteiger partial charge < -0.3 is 20.5 Å². The summed E-state index contributed by atoms with van der Waals surface area (Å²) in [7, 11) is 0. The highest BCUT2D eigenvalue weighted by molar-refractivity contribution is 5.54. The maximum atomic E-state index is 9.95. The normalized spacial score (nSPS) is 17.8. The molecule has 0 saturated carbocycles. The number of anilines is 1. The van der Waals surface area contributed by atoms with Crippen LogP contribution >= 0.6 is 0 Å². The number of nitrogens with zero attached hydrogens (tertiary/aromatic N) is 1. The van der Waals surface area contributed by atoms with Gasteiger partial charge in [0.25, 0.3) is 0 Å². The molecular formula is C14H22N2O2. The summed E-state index contributed by atoms with van der Waals surface area (Å²) in [5.41, 5.74) is 7.74. The molecule has 2 rings (SSSR count). The zero-order valence-electron chi connectivity index (χ0n) is 10.9. The van der Waals surface area contributed by atoms with Crippen molar-refractivity contribution in [1.29, 1.82) is 0 Å². The van der Waals surface area contributed by atoms with Gasteiger partial charge in [0.1, 0.15) is 5.75 Å². The Labute approximate surface area is 108 Å². The summed E-state index contributed by atoms with van der Waals surface area (Å²) in [5, 5.41) is 9.95. The molecule has 0 amide bonds. The van der Waals surface area contributed by atoms with Crippen LogP contribution in [0.15, 0.2) is 18.2 Å². The number of rotatable bonds is 4. The van der Waals surface area contributed by atoms with Crippen LogP contribution in [0.3, 0.4) is 0 Å². The van der Waals surface area contributed by atoms with Crippen molar-refractivity contribution >= 4 is 5.69 Å². The minimum atomic E-state index is 0.288. The number of phenolic OH excluding ortho intramolecular Hbond substituents is 1. The zero-order valence-corrected chi connectivity index (χ0v) is 10.9. The van der Waals surface area contributed by atoms with Crippen LogP contribution < -0.4 is 10.6 Å². The van der Waals surface area contributed by atoms with E-state index < -0.39 is 0 Å². The van der Waals surface area contributed by atoms with Crippen LogP contribution in [0.4, 0.5) is 5.69 Å². The molecule has 1 unspecified atom stereocenters. The van der Waals surface area contributed by atoms with Gasteiger partial charge in [0, 0.05) is 18.8 Å². The van der Waals surface area contributed by atoms with Crippen LogP contribution in [0.25, 0.3) is 0 Å². The quantitative estimate of drug-likeness (QED) is 0.853. The van der Waals surface area contributed by atoms with E-state index in [0.717, 1.165) is 44.0 Å². The molecule has 100 valence electrons. The molecule has 4 heteroatoms. The Morgan fingerprint density at radius 2 is 2.11 bits per heavy atom. The lowest BCUT2D eigenvalue weighted by Gasteiger charge is -2.29. The molecule has 1 aliphatic rings. The molecule has 0 spiro atoms. The minimum Gasteiger partial charge on any atom is -0.508 e. The summed E-state index contributed by atoms with van der Waals surface area (Å²) < 4.78 is 5.35. The number of nitrogens with two attached hydrogens (primary N) is 1. The van der Waals surface area contributed by atoms with Crippen LogP contribution in [0.5, 0.6) is 5.75 Å². The molecule has 3 N–H and O–H groups in total. The van der Waals surface area contributed by atoms with E-state index in [1.807, 2.05) is 6.07 Å². The van der Waals surface area contributed by atoms with E-state index in [-0.39, 0.29) is 5.92 Å². The van der Waals surface area contributed by atoms with Crippen molar-refractivity contribution in [2.75, 3.05) is 37.7 Å². The third kappa shape index (κ3) is 2.94. The van der Waals surface area contributed by atoms with Crippen molar-refractivity contribution in [1.82, 2.24) is 0 Å². The highest BCUT2D eigenvalue weighted by atomic mass is 16.5. The number of ether oxygens (including phenoxy) is 1. The number of phenols is 1. The van der Waals surface area contributed by atoms with E-state index in [1.165, 1.54) is 0 Å². The largest absolute Gasteiger partial charge is 0.508 e. The minimum absolute atomic E-state index is 0.288. The molecule has 1 fully saturated rings. The Morgan fingerprint density at radius 1 is 1.39 bits per heavy atom. The lowest BCUT2D eigenvalue weighted by Crippen LogP contribution is -2.36. The smallest absolute Gasteiger partial charge is 0.119 e. The first kappa shape index (κ1) is 13.2. The van der Waals surface area contributed by atoms with Crippen molar-refractivity contribution < 1.29 is 9.84 Å². The van der Waals surface area contributed by atoms with Gasteiger partial charge in [-0.1, -0.05) is 6.92 Å². The van der Waals surface area contributed by atoms with Crippen molar-refractivity contribution in [3.8, 4) is 5.75 Å². The van der Waals surface area contributed by atoms with E-state index in [1.54, 1.807) is 6.07 Å². The summed E-state index contributed by atoms with van der Waals surface area (Å²) in [5.74, 6) is 0.656. The Kier molecular flexibility index (Phi) is 4.44. The van der Waals surface area contributed by atoms with Gasteiger partial charge in [0.15, 0.2) is 0 Å². The van der Waals surface area contributed by atoms with Gasteiger partial charge in [-0.2, -0.15) is 0 Å². The standard InChI is InChI=1S/C14H22N2O2/c1-11(4-5-15)13-10-12(2-3-14(13)17)16-6-8-18-9-7-16/h2-3,10-11,17H,4-9,15H2,1H3. The van der Waals surface area contributed by atoms with E-state index >= 15 is 0 Å². The fourth-order valence-electron chi connectivity index (χ4n) is 2.36. The highest BCUT2D eigenvalue weighted by Crippen LogP contribution is 2.31. The molecule has 0 radical (unpaired) electrons. The first-order chi connectivity index (χ1) is 8.72. The zero-order chi connectivity index (χ0) is 13.0. The number of aromatic hydroxyl groups is 1. The van der Waals surface area contributed by atoms with Gasteiger partial charge in [0.05, 0.1) is 13.2 Å². The van der Waals surface area contributed by atoms with E-state index in [2.05, 4.69) is 17.9 Å². The fourth-order valence-corrected chi connectivity index (χ4v) is 2.36. The molecule has 0 aliphatic carbocycles. The Balaban J connectivity index is 2.19. The van der Waals surface area contributed by atoms with Gasteiger partial charge in [-0.3, -0.25) is 0 Å². The van der Waals surface area contributed by atoms with Crippen LogP contribution in [-0.2, 0) is 4.74 Å². The monoisotopic (exact) mass is 250 g/mol. The Bertz CT molecular complexity index is 389. The predicted molar refractivity (Wildman–Crippen MR) is 73.2 cm³/mol. The van der Waals surface area contributed by atoms with Crippen LogP contribution in [-0.4, -0.2) is 38.0 Å². The number of hydrogen-bond acceptors (Lipinski definition) is 4. The first-order valence-corrected chi connectivity index (χ1v) is 6.58. The molecular weight excluding hydrogens is 228 g/mol. The first-order valence-electron chi connectivity index (χ1n) is 6.58. The number of benzene rings is 1. The second-order valence-corrected chi connectivity index (χ2v) is 4.82. The second kappa shape index (κ2) is 6.07. The van der Waals surface area contributed by atoms with Crippen molar-refractivity contribution in [3.63, 3.8) is 0 Å². The Hall–Kier alpha value is -1.26. The summed E-state index contributed by atoms with van der Waals surface area (Å²) in [4.78, 5) is 2.29. The molecule has 1 aliphatic heterocycles. The van der Waals surface area contributed by atoms with Crippen LogP contribution in [0.2, 0.25) is 0 Å². The highest BCUT2D eigenvalue weighted by Gasteiger charge is 2.15. The molecule has 1 saturated heterocycles. The maximum absolute atomic E-state index is 9.95. The summed E-state index contributed by atoms with van der Waals surface area (Å²) in [6, 6.07) is 5.84. The lowest BCUT2D eigenvalue weighted by molar-refractivity contribution is 0.122. The van der Waals surface area contributed by atoms with E-state index in [9.17, 15) is 5.11 Å². The van der Waals surface area contributed by atoms with Crippen molar-refractivity contribution in [3.05, 3.63) is 23.8 Å². The van der Waals surface area contributed by atoms with Crippen LogP contribution in [0, 0.1) is 0 Å². The van der Waals surface area contributed by atoms with E-state index in [0.29, 0.717) is 12.3 Å². The SMILES string of the molecule is CC(CCN)c1cc(N2CCOCC2)ccc1O. The topological polar surface area (TPSA) is 58.7 Å². The molecule has 0 bridgehead atoms. The average Bonchev–Trinajstić information content (AvgIpc) is 2.40. The molecule has 4 nitrogen and oxygen atoms in total. The third-order valence-corrected chi connectivity index (χ3v) is 3.52. The molecule has 1 heterocycles. The summed E-state index contributed by atoms with van der Waals surface area (Å²) in [6.45, 7) is 6.11. The van der Waals surface area contributed by atoms with Gasteiger partial charge in [0.2, 0.25) is 0 Å². The summed E-state index contributed by atoms with van der Waals surface area (Å²) >= 11 is 0. The van der Waals surface area contributed by atoms with Crippen molar-refractivity contribution in [2.24, 2.45) is 5.73 Å². The Morgan fingerprint density at radius 3 is 2.78 bits per heavy atom. The van der Waals surface area contributed by atoms with Crippen molar-refractivity contribution in [2.45, 2.75) is 19.3 Å². The molecule has 1 aromatic rings. The average molecular weight is 250 g/mol. The maximum Gasteiger partial charge on any atom is 0.119 e. The van der Waals surface area contributed by atoms with Gasteiger partial charge >= 0.3 is 0 Å². The third-order valence-electron chi connectivity index (χ3n) is 3.52. The molecule has 1 aromatic carbocycles. The number of hydrogen-bond donors (Lipinski definition) is 2. The van der Waals surface area contributed by atoms with E-state index in [4.69, 9.17) is 10.5 Å². The van der Waals surface area contributed by atoms with Crippen LogP contribution in [0.1, 0.15) is 24.8 Å². The molecule has 0 aromatic heterocycles. The molecule has 1 atom stereocenters. The predicted octanol–water partition coefficient (Wildman–Crippen LogP) is 1.68. The van der Waals surface area contributed by atoms with Gasteiger partial charge in [-0.05, 0) is 42.6 Å².